The maximum atomic E-state index is 14.0. The summed E-state index contributed by atoms with van der Waals surface area (Å²) in [6.07, 6.45) is 6.00. The van der Waals surface area contributed by atoms with Gasteiger partial charge in [0.05, 0.1) is 22.9 Å². The number of anilines is 1. The smallest absolute Gasteiger partial charge is 0.241 e. The number of amides is 2. The highest BCUT2D eigenvalue weighted by Crippen LogP contribution is 2.71. The second-order valence-corrected chi connectivity index (χ2v) is 12.6. The Hall–Kier alpha value is -2.54. The molecule has 3 spiro atoms. The van der Waals surface area contributed by atoms with Crippen molar-refractivity contribution in [2.24, 2.45) is 17.3 Å². The van der Waals surface area contributed by atoms with Gasteiger partial charge in [-0.2, -0.15) is 0 Å². The van der Waals surface area contributed by atoms with E-state index in [0.717, 1.165) is 31.5 Å². The first-order valence-electron chi connectivity index (χ1n) is 12.6. The first-order chi connectivity index (χ1) is 16.0. The summed E-state index contributed by atoms with van der Waals surface area (Å²) in [5.74, 6) is 1.89. The molecule has 1 aliphatic carbocycles. The highest BCUT2D eigenvalue weighted by atomic mass is 16.5. The minimum absolute atomic E-state index is 0.00386. The van der Waals surface area contributed by atoms with Crippen LogP contribution in [0, 0.1) is 17.3 Å². The first-order valence-corrected chi connectivity index (χ1v) is 12.6. The second-order valence-electron chi connectivity index (χ2n) is 12.6. The molecule has 2 N–H and O–H groups in total. The number of hydrogen-bond acceptors (Lipinski definition) is 5. The van der Waals surface area contributed by atoms with E-state index in [4.69, 9.17) is 9.47 Å². The van der Waals surface area contributed by atoms with Gasteiger partial charge in [0.25, 0.3) is 0 Å². The molecule has 1 saturated carbocycles. The summed E-state index contributed by atoms with van der Waals surface area (Å²) in [5.41, 5.74) is -0.784. The molecule has 7 nitrogen and oxygen atoms in total. The van der Waals surface area contributed by atoms with Gasteiger partial charge in [0.15, 0.2) is 11.5 Å². The summed E-state index contributed by atoms with van der Waals surface area (Å²) in [4.78, 5) is 30.0. The van der Waals surface area contributed by atoms with Crippen molar-refractivity contribution in [3.63, 3.8) is 0 Å². The predicted molar refractivity (Wildman–Crippen MR) is 127 cm³/mol. The molecule has 0 aromatic heterocycles. The van der Waals surface area contributed by atoms with Crippen LogP contribution >= 0.6 is 0 Å². The molecule has 180 valence electrons. The topological polar surface area (TPSA) is 79.9 Å². The number of rotatable bonds is 0. The van der Waals surface area contributed by atoms with Crippen molar-refractivity contribution in [2.75, 3.05) is 18.4 Å². The quantitative estimate of drug-likeness (QED) is 0.617. The van der Waals surface area contributed by atoms with Crippen LogP contribution in [0.3, 0.4) is 0 Å². The average Bonchev–Trinajstić information content (AvgIpc) is 3.25. The van der Waals surface area contributed by atoms with Crippen molar-refractivity contribution >= 4 is 17.5 Å². The molecule has 5 fully saturated rings. The highest BCUT2D eigenvalue weighted by molar-refractivity contribution is 6.09. The monoisotopic (exact) mass is 463 g/mol. The van der Waals surface area contributed by atoms with Crippen LogP contribution in [0.15, 0.2) is 24.5 Å². The van der Waals surface area contributed by atoms with Crippen LogP contribution in [0.25, 0.3) is 0 Å². The summed E-state index contributed by atoms with van der Waals surface area (Å²) in [7, 11) is 0. The molecular weight excluding hydrogens is 430 g/mol. The molecule has 7 aliphatic rings. The molecular formula is C27H33N3O4. The predicted octanol–water partition coefficient (Wildman–Crippen LogP) is 3.34. The number of fused-ring (bicyclic) bond motifs is 5. The van der Waals surface area contributed by atoms with Crippen LogP contribution in [-0.4, -0.2) is 46.5 Å². The van der Waals surface area contributed by atoms with Gasteiger partial charge in [-0.1, -0.05) is 26.8 Å². The highest BCUT2D eigenvalue weighted by Gasteiger charge is 2.78. The number of carbonyl (C=O) groups excluding carboxylic acids is 2. The average molecular weight is 464 g/mol. The van der Waals surface area contributed by atoms with E-state index in [2.05, 4.69) is 36.3 Å². The van der Waals surface area contributed by atoms with Crippen molar-refractivity contribution in [3.05, 3.63) is 30.0 Å². The normalized spacial score (nSPS) is 42.1. The Bertz CT molecular complexity index is 1200. The number of hydrogen-bond donors (Lipinski definition) is 2. The van der Waals surface area contributed by atoms with Gasteiger partial charge in [-0.05, 0) is 74.6 Å². The van der Waals surface area contributed by atoms with Crippen LogP contribution < -0.4 is 20.1 Å². The lowest BCUT2D eigenvalue weighted by Gasteiger charge is -2.61. The zero-order valence-corrected chi connectivity index (χ0v) is 20.6. The molecule has 6 aliphatic heterocycles. The lowest BCUT2D eigenvalue weighted by molar-refractivity contribution is -0.160. The number of nitrogens with one attached hydrogen (secondary N) is 2. The van der Waals surface area contributed by atoms with E-state index in [1.807, 2.05) is 32.1 Å². The molecule has 4 saturated heterocycles. The molecule has 8 rings (SSSR count). The summed E-state index contributed by atoms with van der Waals surface area (Å²) < 4.78 is 12.2. The van der Waals surface area contributed by atoms with E-state index >= 15 is 0 Å². The van der Waals surface area contributed by atoms with Crippen molar-refractivity contribution in [1.82, 2.24) is 10.2 Å². The van der Waals surface area contributed by atoms with Crippen LogP contribution in [0.1, 0.15) is 59.4 Å². The van der Waals surface area contributed by atoms with Gasteiger partial charge in [-0.15, -0.1) is 0 Å². The van der Waals surface area contributed by atoms with Crippen molar-refractivity contribution in [1.29, 1.82) is 0 Å². The lowest BCUT2D eigenvalue weighted by atomic mass is 9.56. The largest absolute Gasteiger partial charge is 0.480 e. The summed E-state index contributed by atoms with van der Waals surface area (Å²) >= 11 is 0. The summed E-state index contributed by atoms with van der Waals surface area (Å²) in [6.45, 7) is 12.4. The Morgan fingerprint density at radius 2 is 1.91 bits per heavy atom. The van der Waals surface area contributed by atoms with E-state index in [-0.39, 0.29) is 23.1 Å². The third-order valence-electron chi connectivity index (χ3n) is 10.4. The summed E-state index contributed by atoms with van der Waals surface area (Å²) in [5, 5.41) is 6.70. The van der Waals surface area contributed by atoms with Crippen LogP contribution in [0.4, 0.5) is 5.69 Å². The Morgan fingerprint density at radius 3 is 2.71 bits per heavy atom. The molecule has 5 atom stereocenters. The molecule has 7 heteroatoms. The third-order valence-corrected chi connectivity index (χ3v) is 10.4. The number of ether oxygens (including phenoxy) is 2. The Kier molecular flexibility index (Phi) is 3.55. The van der Waals surface area contributed by atoms with Gasteiger partial charge in [0, 0.05) is 6.54 Å². The molecule has 5 unspecified atom stereocenters. The van der Waals surface area contributed by atoms with Crippen molar-refractivity contribution < 1.29 is 19.1 Å². The van der Waals surface area contributed by atoms with Crippen molar-refractivity contribution in [2.45, 2.75) is 76.0 Å². The van der Waals surface area contributed by atoms with Gasteiger partial charge in [-0.25, -0.2) is 0 Å². The van der Waals surface area contributed by atoms with Crippen LogP contribution in [0.2, 0.25) is 0 Å². The van der Waals surface area contributed by atoms with Crippen LogP contribution in [-0.2, 0) is 15.0 Å². The fraction of sp³-hybridized carbons (Fsp3) is 0.630. The van der Waals surface area contributed by atoms with Gasteiger partial charge in [-0.3, -0.25) is 14.5 Å². The molecule has 2 bridgehead atoms. The number of benzene rings is 1. The molecule has 6 heterocycles. The van der Waals surface area contributed by atoms with Gasteiger partial charge < -0.3 is 20.1 Å². The SMILES string of the molecule is CC1CCN2CC34CC5(C(=O)Nc6c5ccc5c6OC=CC(C)(C)O5)C(C)(C)C3CC12C(=O)N4. The number of nitrogens with zero attached hydrogens (tertiary/aromatic N) is 1. The summed E-state index contributed by atoms with van der Waals surface area (Å²) in [6, 6.07) is 3.98. The zero-order chi connectivity index (χ0) is 23.9. The Morgan fingerprint density at radius 1 is 1.12 bits per heavy atom. The van der Waals surface area contributed by atoms with Gasteiger partial charge in [0.1, 0.15) is 11.1 Å². The maximum absolute atomic E-state index is 14.0. The minimum Gasteiger partial charge on any atom is -0.480 e. The number of piperazine rings is 1. The van der Waals surface area contributed by atoms with Gasteiger partial charge >= 0.3 is 0 Å². The van der Waals surface area contributed by atoms with E-state index in [9.17, 15) is 9.59 Å². The Balaban J connectivity index is 1.39. The van der Waals surface area contributed by atoms with E-state index in [0.29, 0.717) is 29.5 Å². The van der Waals surface area contributed by atoms with E-state index < -0.39 is 22.1 Å². The number of carbonyl (C=O) groups is 2. The lowest BCUT2D eigenvalue weighted by Crippen LogP contribution is -2.79. The second kappa shape index (κ2) is 5.81. The number of piperidine rings is 2. The third kappa shape index (κ3) is 2.07. The standard InChI is InChI=1S/C27H33N3O4/c1-15-8-10-30-14-25-13-26(24(4,5)18(25)12-27(15,30)22(32)29-25)16-6-7-17-20(19(16)28-21(26)31)33-11-9-23(2,3)34-17/h6-7,9,11,15,18H,8,10,12-14H2,1-5H3,(H,28,31)(H,29,32). The minimum atomic E-state index is -0.751. The van der Waals surface area contributed by atoms with Crippen LogP contribution in [0.5, 0.6) is 11.5 Å². The van der Waals surface area contributed by atoms with E-state index in [1.165, 1.54) is 0 Å². The molecule has 2 amide bonds. The molecule has 1 aromatic carbocycles. The maximum Gasteiger partial charge on any atom is 0.241 e. The fourth-order valence-corrected chi connectivity index (χ4v) is 8.68. The molecule has 34 heavy (non-hydrogen) atoms. The van der Waals surface area contributed by atoms with E-state index in [1.54, 1.807) is 6.26 Å². The zero-order valence-electron chi connectivity index (χ0n) is 20.6. The Labute approximate surface area is 200 Å². The van der Waals surface area contributed by atoms with Gasteiger partial charge in [0.2, 0.25) is 11.8 Å². The molecule has 1 aromatic rings. The fourth-order valence-electron chi connectivity index (χ4n) is 8.68. The first kappa shape index (κ1) is 20.8. The van der Waals surface area contributed by atoms with Crippen molar-refractivity contribution in [3.8, 4) is 11.5 Å². The molecule has 0 radical (unpaired) electrons.